The smallest absolute Gasteiger partial charge is 0.274 e. The fraction of sp³-hybridized carbons (Fsp3) is 0.391. The quantitative estimate of drug-likeness (QED) is 0.729. The number of nitrogens with one attached hydrogen (secondary N) is 1. The van der Waals surface area contributed by atoms with Gasteiger partial charge in [-0.05, 0) is 38.0 Å². The van der Waals surface area contributed by atoms with E-state index in [0.29, 0.717) is 12.0 Å². The summed E-state index contributed by atoms with van der Waals surface area (Å²) >= 11 is 0. The normalized spacial score (nSPS) is 19.8. The van der Waals surface area contributed by atoms with Crippen LogP contribution in [0.5, 0.6) is 5.75 Å². The van der Waals surface area contributed by atoms with Gasteiger partial charge in [-0.3, -0.25) is 19.2 Å². The zero-order chi connectivity index (χ0) is 24.0. The molecule has 0 saturated heterocycles. The van der Waals surface area contributed by atoms with E-state index in [-0.39, 0.29) is 36.4 Å². The fourth-order valence-electron chi connectivity index (χ4n) is 4.70. The van der Waals surface area contributed by atoms with Gasteiger partial charge in [0.1, 0.15) is 23.0 Å². The molecule has 8 nitrogen and oxygen atoms in total. The number of carbonyl (C=O) groups excluding carboxylic acids is 3. The van der Waals surface area contributed by atoms with Gasteiger partial charge >= 0.3 is 0 Å². The summed E-state index contributed by atoms with van der Waals surface area (Å²) in [5.41, 5.74) is -1.74. The zero-order valence-corrected chi connectivity index (χ0v) is 18.2. The first kappa shape index (κ1) is 22.6. The average molecular weight is 459 g/mol. The molecule has 174 valence electrons. The van der Waals surface area contributed by atoms with Gasteiger partial charge in [-0.1, -0.05) is 0 Å². The Morgan fingerprint density at radius 1 is 1.18 bits per heavy atom. The number of carbonyl (C=O) groups is 3. The number of halogens is 2. The first-order chi connectivity index (χ1) is 15.6. The third-order valence-electron chi connectivity index (χ3n) is 6.33. The highest BCUT2D eigenvalue weighted by Gasteiger charge is 2.44. The first-order valence-electron chi connectivity index (χ1n) is 10.7. The Bertz CT molecular complexity index is 1220. The highest BCUT2D eigenvalue weighted by Crippen LogP contribution is 2.38. The number of rotatable bonds is 4. The van der Waals surface area contributed by atoms with Crippen molar-refractivity contribution in [2.45, 2.75) is 51.7 Å². The molecule has 0 spiro atoms. The van der Waals surface area contributed by atoms with Crippen LogP contribution in [0.3, 0.4) is 0 Å². The Morgan fingerprint density at radius 2 is 1.85 bits per heavy atom. The second kappa shape index (κ2) is 8.42. The minimum atomic E-state index is -1.06. The van der Waals surface area contributed by atoms with Crippen LogP contribution in [-0.4, -0.2) is 44.8 Å². The Kier molecular flexibility index (Phi) is 5.77. The van der Waals surface area contributed by atoms with Crippen LogP contribution in [-0.2, 0) is 11.3 Å². The van der Waals surface area contributed by atoms with Crippen LogP contribution in [0.2, 0.25) is 0 Å². The largest absolute Gasteiger partial charge is 0.503 e. The van der Waals surface area contributed by atoms with Gasteiger partial charge in [-0.25, -0.2) is 8.78 Å². The maximum Gasteiger partial charge on any atom is 0.274 e. The molecule has 2 heterocycles. The molecule has 2 aromatic rings. The van der Waals surface area contributed by atoms with Crippen molar-refractivity contribution in [3.05, 3.63) is 62.6 Å². The predicted octanol–water partition coefficient (Wildman–Crippen LogP) is 2.21. The minimum absolute atomic E-state index is 0.0105. The van der Waals surface area contributed by atoms with Gasteiger partial charge in [0.15, 0.2) is 11.4 Å². The van der Waals surface area contributed by atoms with Crippen LogP contribution >= 0.6 is 0 Å². The minimum Gasteiger partial charge on any atom is -0.503 e. The van der Waals surface area contributed by atoms with Crippen molar-refractivity contribution in [1.29, 1.82) is 0 Å². The molecule has 10 heteroatoms. The molecule has 4 rings (SSSR count). The molecular weight excluding hydrogens is 436 g/mol. The molecule has 2 aliphatic rings. The van der Waals surface area contributed by atoms with Gasteiger partial charge in [0.05, 0.1) is 12.1 Å². The monoisotopic (exact) mass is 459 g/mol. The van der Waals surface area contributed by atoms with E-state index in [2.05, 4.69) is 5.32 Å². The molecule has 33 heavy (non-hydrogen) atoms. The summed E-state index contributed by atoms with van der Waals surface area (Å²) in [4.78, 5) is 51.9. The van der Waals surface area contributed by atoms with Gasteiger partial charge < -0.3 is 19.9 Å². The molecule has 2 atom stereocenters. The van der Waals surface area contributed by atoms with Gasteiger partial charge in [-0.15, -0.1) is 0 Å². The van der Waals surface area contributed by atoms with E-state index in [9.17, 15) is 33.1 Å². The summed E-state index contributed by atoms with van der Waals surface area (Å²) in [6, 6.07) is 1.39. The van der Waals surface area contributed by atoms with Crippen molar-refractivity contribution in [2.24, 2.45) is 0 Å². The lowest BCUT2D eigenvalue weighted by Crippen LogP contribution is -2.54. The molecule has 0 unspecified atom stereocenters. The molecule has 1 aliphatic carbocycles. The van der Waals surface area contributed by atoms with Gasteiger partial charge in [0, 0.05) is 37.7 Å². The van der Waals surface area contributed by atoms with E-state index in [1.165, 1.54) is 22.6 Å². The Balaban J connectivity index is 1.71. The molecule has 0 bridgehead atoms. The van der Waals surface area contributed by atoms with Crippen molar-refractivity contribution >= 4 is 17.6 Å². The number of fused-ring (bicyclic) bond motifs is 3. The Hall–Kier alpha value is -3.56. The van der Waals surface area contributed by atoms with Crippen LogP contribution in [0.4, 0.5) is 8.78 Å². The van der Waals surface area contributed by atoms with E-state index in [1.54, 1.807) is 6.92 Å². The van der Waals surface area contributed by atoms with Gasteiger partial charge in [0.2, 0.25) is 5.43 Å². The second-order valence-electron chi connectivity index (χ2n) is 8.37. The fourth-order valence-corrected chi connectivity index (χ4v) is 4.70. The molecule has 0 radical (unpaired) electrons. The van der Waals surface area contributed by atoms with E-state index in [4.69, 9.17) is 0 Å². The number of Topliss-reactive ketones (excluding diaryl/α,β-unsaturated/α-hetero) is 1. The number of aryl methyl sites for hydroxylation is 1. The number of likely N-dealkylation sites (N-methyl/N-ethyl adjacent to an activating group) is 1. The number of amides is 2. The number of nitrogens with zero attached hydrogens (tertiary/aromatic N) is 2. The van der Waals surface area contributed by atoms with Crippen molar-refractivity contribution in [3.8, 4) is 5.75 Å². The molecule has 1 aromatic heterocycles. The highest BCUT2D eigenvalue weighted by atomic mass is 19.1. The maximum atomic E-state index is 14.1. The zero-order valence-electron chi connectivity index (χ0n) is 18.2. The molecule has 1 saturated carbocycles. The third-order valence-corrected chi connectivity index (χ3v) is 6.33. The SMILES string of the molecule is CCN1C(=O)c2c(O)c(=O)c(C(=O)NCc3c(F)cc(C)cc3F)cn2[C@H]2CCC(=O)C[C@H]21. The topological polar surface area (TPSA) is 109 Å². The van der Waals surface area contributed by atoms with E-state index in [0.717, 1.165) is 12.1 Å². The van der Waals surface area contributed by atoms with Gasteiger partial charge in [0.25, 0.3) is 11.8 Å². The summed E-state index contributed by atoms with van der Waals surface area (Å²) in [7, 11) is 0. The number of pyridine rings is 1. The summed E-state index contributed by atoms with van der Waals surface area (Å²) in [5, 5.41) is 12.9. The number of hydrogen-bond acceptors (Lipinski definition) is 5. The number of aromatic nitrogens is 1. The van der Waals surface area contributed by atoms with Gasteiger partial charge in [-0.2, -0.15) is 0 Å². The number of aromatic hydroxyl groups is 1. The molecule has 2 N–H and O–H groups in total. The van der Waals surface area contributed by atoms with Crippen LogP contribution < -0.4 is 10.7 Å². The highest BCUT2D eigenvalue weighted by molar-refractivity contribution is 5.99. The van der Waals surface area contributed by atoms with Crippen LogP contribution in [0, 0.1) is 18.6 Å². The number of hydrogen-bond donors (Lipinski definition) is 2. The summed E-state index contributed by atoms with van der Waals surface area (Å²) < 4.78 is 29.6. The van der Waals surface area contributed by atoms with E-state index >= 15 is 0 Å². The van der Waals surface area contributed by atoms with E-state index < -0.39 is 58.8 Å². The Labute approximate surface area is 187 Å². The maximum absolute atomic E-state index is 14.1. The lowest BCUT2D eigenvalue weighted by atomic mass is 9.85. The van der Waals surface area contributed by atoms with E-state index in [1.807, 2.05) is 0 Å². The van der Waals surface area contributed by atoms with Crippen LogP contribution in [0.25, 0.3) is 0 Å². The summed E-state index contributed by atoms with van der Waals surface area (Å²) in [6.45, 7) is 3.04. The third kappa shape index (κ3) is 3.79. The molecule has 1 aromatic carbocycles. The first-order valence-corrected chi connectivity index (χ1v) is 10.7. The van der Waals surface area contributed by atoms with Crippen molar-refractivity contribution in [3.63, 3.8) is 0 Å². The molecule has 2 amide bonds. The van der Waals surface area contributed by atoms with Crippen LogP contribution in [0.15, 0.2) is 23.1 Å². The van der Waals surface area contributed by atoms with Crippen LogP contribution in [0.1, 0.15) is 64.2 Å². The number of benzene rings is 1. The lowest BCUT2D eigenvalue weighted by molar-refractivity contribution is -0.122. The average Bonchev–Trinajstić information content (AvgIpc) is 2.75. The molecular formula is C23H23F2N3O5. The standard InChI is InChI=1S/C23H23F2N3O5/c1-3-27-18-8-12(29)4-5-17(18)28-10-14(20(30)21(31)19(28)23(27)33)22(32)26-9-13-15(24)6-11(2)7-16(13)25/h6-7,10,17-18,31H,3-5,8-9H2,1-2H3,(H,26,32)/t17-,18+/m0/s1. The van der Waals surface area contributed by atoms with Crippen molar-refractivity contribution in [1.82, 2.24) is 14.8 Å². The van der Waals surface area contributed by atoms with Crippen molar-refractivity contribution in [2.75, 3.05) is 6.54 Å². The second-order valence-corrected chi connectivity index (χ2v) is 8.37. The Morgan fingerprint density at radius 3 is 2.48 bits per heavy atom. The lowest BCUT2D eigenvalue weighted by Gasteiger charge is -2.45. The summed E-state index contributed by atoms with van der Waals surface area (Å²) in [6.07, 6.45) is 1.98. The predicted molar refractivity (Wildman–Crippen MR) is 113 cm³/mol. The molecule has 1 aliphatic heterocycles. The summed E-state index contributed by atoms with van der Waals surface area (Å²) in [5.74, 6) is -4.07. The number of ketones is 1. The molecule has 1 fully saturated rings. The van der Waals surface area contributed by atoms with Crippen molar-refractivity contribution < 1.29 is 28.3 Å².